The molecule has 0 spiro atoms. The fraction of sp³-hybridized carbons (Fsp3) is 0.667. The van der Waals surface area contributed by atoms with Crippen molar-refractivity contribution in [1.29, 1.82) is 0 Å². The molecule has 0 fully saturated rings. The van der Waals surface area contributed by atoms with Crippen molar-refractivity contribution in [2.75, 3.05) is 26.7 Å². The average molecular weight is 168 g/mol. The number of hydrogen-bond donors (Lipinski definition) is 0. The first-order chi connectivity index (χ1) is 5.67. The van der Waals surface area contributed by atoms with Gasteiger partial charge in [0.2, 0.25) is 0 Å². The minimum Gasteiger partial charge on any atom is -0.328 e. The van der Waals surface area contributed by atoms with Crippen molar-refractivity contribution in [3.8, 4) is 12.3 Å². The molecular formula is C9H16N2O. The normalized spacial score (nSPS) is 8.83. The van der Waals surface area contributed by atoms with Crippen LogP contribution in [0, 0.1) is 12.3 Å². The first-order valence-corrected chi connectivity index (χ1v) is 4.10. The third kappa shape index (κ3) is 2.83. The van der Waals surface area contributed by atoms with E-state index in [4.69, 9.17) is 6.42 Å². The quantitative estimate of drug-likeness (QED) is 0.577. The molecule has 0 bridgehead atoms. The molecule has 3 nitrogen and oxygen atoms in total. The predicted molar refractivity (Wildman–Crippen MR) is 49.8 cm³/mol. The highest BCUT2D eigenvalue weighted by Gasteiger charge is 2.12. The van der Waals surface area contributed by atoms with Crippen molar-refractivity contribution in [3.63, 3.8) is 0 Å². The summed E-state index contributed by atoms with van der Waals surface area (Å²) in [5, 5.41) is 0. The number of hydrogen-bond acceptors (Lipinski definition) is 1. The van der Waals surface area contributed by atoms with Gasteiger partial charge in [0.25, 0.3) is 0 Å². The van der Waals surface area contributed by atoms with E-state index in [2.05, 4.69) is 5.92 Å². The number of urea groups is 1. The van der Waals surface area contributed by atoms with Crippen LogP contribution in [0.4, 0.5) is 4.79 Å². The summed E-state index contributed by atoms with van der Waals surface area (Å²) in [6.07, 6.45) is 5.12. The molecule has 3 heteroatoms. The molecule has 0 aliphatic carbocycles. The number of carbonyl (C=O) groups is 1. The molecule has 0 atom stereocenters. The van der Waals surface area contributed by atoms with Gasteiger partial charge in [-0.15, -0.1) is 6.42 Å². The molecule has 0 N–H and O–H groups in total. The highest BCUT2D eigenvalue weighted by molar-refractivity contribution is 5.74. The maximum Gasteiger partial charge on any atom is 0.320 e. The largest absolute Gasteiger partial charge is 0.328 e. The molecule has 2 amide bonds. The van der Waals surface area contributed by atoms with Crippen LogP contribution in [0.25, 0.3) is 0 Å². The van der Waals surface area contributed by atoms with Crippen molar-refractivity contribution in [2.45, 2.75) is 13.8 Å². The Balaban J connectivity index is 4.13. The van der Waals surface area contributed by atoms with Crippen molar-refractivity contribution in [2.24, 2.45) is 0 Å². The summed E-state index contributed by atoms with van der Waals surface area (Å²) >= 11 is 0. The molecule has 0 aromatic rings. The third-order valence-electron chi connectivity index (χ3n) is 1.74. The molecule has 0 aromatic carbocycles. The summed E-state index contributed by atoms with van der Waals surface area (Å²) in [5.74, 6) is 2.46. The Labute approximate surface area is 74.3 Å². The second-order valence-electron chi connectivity index (χ2n) is 2.52. The zero-order valence-corrected chi connectivity index (χ0v) is 8.00. The Morgan fingerprint density at radius 1 is 1.42 bits per heavy atom. The van der Waals surface area contributed by atoms with Crippen molar-refractivity contribution in [3.05, 3.63) is 0 Å². The fourth-order valence-corrected chi connectivity index (χ4v) is 0.802. The van der Waals surface area contributed by atoms with E-state index < -0.39 is 0 Å². The van der Waals surface area contributed by atoms with Crippen LogP contribution in [0.1, 0.15) is 13.8 Å². The van der Waals surface area contributed by atoms with Gasteiger partial charge in [0, 0.05) is 20.1 Å². The van der Waals surface area contributed by atoms with Crippen molar-refractivity contribution in [1.82, 2.24) is 9.80 Å². The summed E-state index contributed by atoms with van der Waals surface area (Å²) in [4.78, 5) is 14.7. The van der Waals surface area contributed by atoms with Gasteiger partial charge >= 0.3 is 6.03 Å². The smallest absolute Gasteiger partial charge is 0.320 e. The van der Waals surface area contributed by atoms with Gasteiger partial charge in [-0.25, -0.2) is 4.79 Å². The Bertz CT molecular complexity index is 183. The summed E-state index contributed by atoms with van der Waals surface area (Å²) in [7, 11) is 1.77. The van der Waals surface area contributed by atoms with Gasteiger partial charge in [-0.1, -0.05) is 5.92 Å². The van der Waals surface area contributed by atoms with Gasteiger partial charge in [0.1, 0.15) is 0 Å². The van der Waals surface area contributed by atoms with E-state index in [0.717, 1.165) is 0 Å². The van der Waals surface area contributed by atoms with Gasteiger partial charge in [0.05, 0.1) is 6.54 Å². The highest BCUT2D eigenvalue weighted by Crippen LogP contribution is 1.94. The molecule has 0 saturated heterocycles. The highest BCUT2D eigenvalue weighted by atomic mass is 16.2. The van der Waals surface area contributed by atoms with E-state index in [0.29, 0.717) is 19.6 Å². The molecule has 0 radical (unpaired) electrons. The lowest BCUT2D eigenvalue weighted by Crippen LogP contribution is -2.41. The van der Waals surface area contributed by atoms with E-state index in [-0.39, 0.29) is 6.03 Å². The first-order valence-electron chi connectivity index (χ1n) is 4.10. The summed E-state index contributed by atoms with van der Waals surface area (Å²) < 4.78 is 0. The SMILES string of the molecule is C#CCN(CC)C(=O)N(C)CC. The molecular weight excluding hydrogens is 152 g/mol. The van der Waals surface area contributed by atoms with Crippen molar-refractivity contribution < 1.29 is 4.79 Å². The van der Waals surface area contributed by atoms with E-state index in [9.17, 15) is 4.79 Å². The molecule has 0 heterocycles. The zero-order chi connectivity index (χ0) is 9.56. The van der Waals surface area contributed by atoms with Crippen LogP contribution in [-0.2, 0) is 0 Å². The van der Waals surface area contributed by atoms with E-state index >= 15 is 0 Å². The van der Waals surface area contributed by atoms with E-state index in [1.54, 1.807) is 16.8 Å². The Kier molecular flexibility index (Phi) is 4.94. The lowest BCUT2D eigenvalue weighted by atomic mass is 10.5. The fourth-order valence-electron chi connectivity index (χ4n) is 0.802. The Morgan fingerprint density at radius 3 is 2.33 bits per heavy atom. The minimum atomic E-state index is -0.00190. The molecule has 0 saturated carbocycles. The Hall–Kier alpha value is -1.17. The van der Waals surface area contributed by atoms with Gasteiger partial charge in [-0.2, -0.15) is 0 Å². The van der Waals surface area contributed by atoms with Gasteiger partial charge in [0.15, 0.2) is 0 Å². The molecule has 0 rings (SSSR count). The van der Waals surface area contributed by atoms with Crippen molar-refractivity contribution >= 4 is 6.03 Å². The third-order valence-corrected chi connectivity index (χ3v) is 1.74. The van der Waals surface area contributed by atoms with Crippen LogP contribution in [0.5, 0.6) is 0 Å². The second-order valence-corrected chi connectivity index (χ2v) is 2.52. The summed E-state index contributed by atoms with van der Waals surface area (Å²) in [6, 6.07) is -0.00190. The monoisotopic (exact) mass is 168 g/mol. The van der Waals surface area contributed by atoms with Crippen LogP contribution >= 0.6 is 0 Å². The number of rotatable bonds is 3. The zero-order valence-electron chi connectivity index (χ0n) is 8.00. The molecule has 0 aliphatic rings. The van der Waals surface area contributed by atoms with Crippen LogP contribution < -0.4 is 0 Å². The van der Waals surface area contributed by atoms with Gasteiger partial charge in [-0.3, -0.25) is 0 Å². The van der Waals surface area contributed by atoms with Crippen LogP contribution in [0.3, 0.4) is 0 Å². The van der Waals surface area contributed by atoms with E-state index in [1.165, 1.54) is 0 Å². The number of amides is 2. The molecule has 12 heavy (non-hydrogen) atoms. The standard InChI is InChI=1S/C9H16N2O/c1-5-8-11(7-3)9(12)10(4)6-2/h1H,6-8H2,2-4H3. The lowest BCUT2D eigenvalue weighted by Gasteiger charge is -2.24. The molecule has 0 unspecified atom stereocenters. The van der Waals surface area contributed by atoms with Gasteiger partial charge < -0.3 is 9.80 Å². The predicted octanol–water partition coefficient (Wildman–Crippen LogP) is 1.01. The summed E-state index contributed by atoms with van der Waals surface area (Å²) in [5.41, 5.74) is 0. The van der Waals surface area contributed by atoms with Crippen LogP contribution in [0.15, 0.2) is 0 Å². The van der Waals surface area contributed by atoms with Crippen LogP contribution in [0.2, 0.25) is 0 Å². The average Bonchev–Trinajstić information content (AvgIpc) is 2.11. The lowest BCUT2D eigenvalue weighted by molar-refractivity contribution is 0.173. The number of carbonyl (C=O) groups excluding carboxylic acids is 1. The maximum absolute atomic E-state index is 11.5. The molecule has 0 aromatic heterocycles. The minimum absolute atomic E-state index is 0.00190. The molecule has 68 valence electrons. The first kappa shape index (κ1) is 10.8. The number of terminal acetylenes is 1. The molecule has 0 aliphatic heterocycles. The maximum atomic E-state index is 11.5. The van der Waals surface area contributed by atoms with Crippen LogP contribution in [-0.4, -0.2) is 42.5 Å². The second kappa shape index (κ2) is 5.48. The Morgan fingerprint density at radius 2 is 2.00 bits per heavy atom. The number of nitrogens with zero attached hydrogens (tertiary/aromatic N) is 2. The van der Waals surface area contributed by atoms with Gasteiger partial charge in [-0.05, 0) is 13.8 Å². The van der Waals surface area contributed by atoms with E-state index in [1.807, 2.05) is 13.8 Å². The topological polar surface area (TPSA) is 23.6 Å². The summed E-state index contributed by atoms with van der Waals surface area (Å²) in [6.45, 7) is 5.60.